The minimum absolute atomic E-state index is 0.0577. The Morgan fingerprint density at radius 2 is 2.19 bits per heavy atom. The molecular formula is C10H13N3O3. The number of rotatable bonds is 2. The van der Waals surface area contributed by atoms with Gasteiger partial charge in [-0.15, -0.1) is 0 Å². The van der Waals surface area contributed by atoms with E-state index >= 15 is 0 Å². The molecule has 86 valence electrons. The van der Waals surface area contributed by atoms with Crippen LogP contribution in [0.3, 0.4) is 0 Å². The van der Waals surface area contributed by atoms with Crippen molar-refractivity contribution >= 4 is 11.8 Å². The van der Waals surface area contributed by atoms with Crippen molar-refractivity contribution in [3.63, 3.8) is 0 Å². The molecular weight excluding hydrogens is 210 g/mol. The van der Waals surface area contributed by atoms with Crippen LogP contribution in [0.4, 0.5) is 0 Å². The number of aromatic nitrogens is 1. The van der Waals surface area contributed by atoms with Crippen LogP contribution in [0.25, 0.3) is 0 Å². The Hall–Kier alpha value is -1.69. The Balaban J connectivity index is 1.89. The number of piperidine rings is 1. The van der Waals surface area contributed by atoms with Gasteiger partial charge in [-0.1, -0.05) is 5.16 Å². The largest absolute Gasteiger partial charge is 0.351 e. The zero-order valence-electron chi connectivity index (χ0n) is 8.73. The van der Waals surface area contributed by atoms with Crippen molar-refractivity contribution in [2.24, 2.45) is 5.92 Å². The van der Waals surface area contributed by atoms with Crippen LogP contribution in [0.5, 0.6) is 0 Å². The summed E-state index contributed by atoms with van der Waals surface area (Å²) >= 11 is 0. The minimum atomic E-state index is -0.527. The number of nitrogens with zero attached hydrogens (tertiary/aromatic N) is 1. The third-order valence-corrected chi connectivity index (χ3v) is 2.61. The maximum absolute atomic E-state index is 11.7. The van der Waals surface area contributed by atoms with Crippen LogP contribution >= 0.6 is 0 Å². The zero-order valence-corrected chi connectivity index (χ0v) is 8.73. The predicted octanol–water partition coefficient (Wildman–Crippen LogP) is -0.0694. The van der Waals surface area contributed by atoms with E-state index in [4.69, 9.17) is 0 Å². The Morgan fingerprint density at radius 3 is 2.81 bits per heavy atom. The summed E-state index contributed by atoms with van der Waals surface area (Å²) in [6.07, 6.45) is 2.88. The van der Waals surface area contributed by atoms with Gasteiger partial charge in [0.25, 0.3) is 5.91 Å². The second-order valence-electron chi connectivity index (χ2n) is 3.72. The third kappa shape index (κ3) is 2.46. The van der Waals surface area contributed by atoms with E-state index in [0.717, 1.165) is 25.9 Å². The highest BCUT2D eigenvalue weighted by atomic mass is 16.5. The second kappa shape index (κ2) is 4.89. The molecule has 2 rings (SSSR count). The molecule has 0 aliphatic carbocycles. The number of carbonyl (C=O) groups is 2. The Labute approximate surface area is 92.4 Å². The van der Waals surface area contributed by atoms with E-state index in [1.165, 1.54) is 12.3 Å². The van der Waals surface area contributed by atoms with E-state index in [0.29, 0.717) is 0 Å². The van der Waals surface area contributed by atoms with Gasteiger partial charge in [0, 0.05) is 12.0 Å². The van der Waals surface area contributed by atoms with Crippen molar-refractivity contribution in [3.8, 4) is 0 Å². The van der Waals surface area contributed by atoms with Crippen molar-refractivity contribution in [3.05, 3.63) is 18.0 Å². The molecule has 16 heavy (non-hydrogen) atoms. The maximum Gasteiger partial charge on any atom is 0.296 e. The van der Waals surface area contributed by atoms with Gasteiger partial charge in [0.05, 0.1) is 6.20 Å². The molecule has 1 aliphatic heterocycles. The standard InChI is InChI=1S/C10H13N3O3/c14-9(7-1-4-11-5-2-7)13-10(15)8-3-6-12-16-8/h3,6-7,11H,1-2,4-5H2,(H,13,14,15). The van der Waals surface area contributed by atoms with Crippen LogP contribution in [0.2, 0.25) is 0 Å². The summed E-state index contributed by atoms with van der Waals surface area (Å²) in [4.78, 5) is 23.2. The Bertz CT molecular complexity index is 369. The van der Waals surface area contributed by atoms with E-state index in [-0.39, 0.29) is 17.6 Å². The van der Waals surface area contributed by atoms with Crippen LogP contribution in [0, 0.1) is 5.92 Å². The van der Waals surface area contributed by atoms with Crippen LogP contribution < -0.4 is 10.6 Å². The molecule has 0 aromatic carbocycles. The Morgan fingerprint density at radius 1 is 1.44 bits per heavy atom. The summed E-state index contributed by atoms with van der Waals surface area (Å²) in [5.74, 6) is -0.792. The fourth-order valence-electron chi connectivity index (χ4n) is 1.69. The lowest BCUT2D eigenvalue weighted by atomic mass is 9.97. The van der Waals surface area contributed by atoms with Gasteiger partial charge in [0.2, 0.25) is 11.7 Å². The second-order valence-corrected chi connectivity index (χ2v) is 3.72. The number of carbonyl (C=O) groups excluding carboxylic acids is 2. The summed E-state index contributed by atoms with van der Waals surface area (Å²) in [6, 6.07) is 1.42. The molecule has 1 saturated heterocycles. The average molecular weight is 223 g/mol. The molecule has 1 aromatic heterocycles. The molecule has 6 heteroatoms. The van der Waals surface area contributed by atoms with Crippen molar-refractivity contribution in [2.45, 2.75) is 12.8 Å². The van der Waals surface area contributed by atoms with E-state index in [1.54, 1.807) is 0 Å². The SMILES string of the molecule is O=C(NC(=O)C1CCNCC1)c1ccno1. The van der Waals surface area contributed by atoms with Crippen LogP contribution in [0.1, 0.15) is 23.4 Å². The molecule has 6 nitrogen and oxygen atoms in total. The molecule has 1 aliphatic rings. The molecule has 2 amide bonds. The van der Waals surface area contributed by atoms with Gasteiger partial charge < -0.3 is 9.84 Å². The van der Waals surface area contributed by atoms with Gasteiger partial charge in [-0.25, -0.2) is 0 Å². The lowest BCUT2D eigenvalue weighted by molar-refractivity contribution is -0.124. The first-order chi connectivity index (χ1) is 7.77. The number of hydrogen-bond donors (Lipinski definition) is 2. The van der Waals surface area contributed by atoms with E-state index in [9.17, 15) is 9.59 Å². The summed E-state index contributed by atoms with van der Waals surface area (Å²) in [7, 11) is 0. The highest BCUT2D eigenvalue weighted by Gasteiger charge is 2.23. The van der Waals surface area contributed by atoms with Crippen molar-refractivity contribution < 1.29 is 14.1 Å². The molecule has 0 unspecified atom stereocenters. The van der Waals surface area contributed by atoms with E-state index in [2.05, 4.69) is 20.3 Å². The number of amides is 2. The molecule has 0 spiro atoms. The van der Waals surface area contributed by atoms with Gasteiger partial charge >= 0.3 is 0 Å². The third-order valence-electron chi connectivity index (χ3n) is 2.61. The summed E-state index contributed by atoms with van der Waals surface area (Å²) in [6.45, 7) is 1.63. The quantitative estimate of drug-likeness (QED) is 0.686. The highest BCUT2D eigenvalue weighted by molar-refractivity contribution is 6.03. The van der Waals surface area contributed by atoms with Crippen molar-refractivity contribution in [2.75, 3.05) is 13.1 Å². The molecule has 0 bridgehead atoms. The van der Waals surface area contributed by atoms with E-state index in [1.807, 2.05) is 0 Å². The first-order valence-electron chi connectivity index (χ1n) is 5.24. The predicted molar refractivity (Wildman–Crippen MR) is 54.6 cm³/mol. The smallest absolute Gasteiger partial charge is 0.296 e. The highest BCUT2D eigenvalue weighted by Crippen LogP contribution is 2.11. The lowest BCUT2D eigenvalue weighted by Crippen LogP contribution is -2.40. The molecule has 0 radical (unpaired) electrons. The van der Waals surface area contributed by atoms with Crippen LogP contribution in [0.15, 0.2) is 16.8 Å². The van der Waals surface area contributed by atoms with Crippen molar-refractivity contribution in [1.29, 1.82) is 0 Å². The van der Waals surface area contributed by atoms with Crippen molar-refractivity contribution in [1.82, 2.24) is 15.8 Å². The maximum atomic E-state index is 11.7. The molecule has 2 heterocycles. The summed E-state index contributed by atoms with van der Waals surface area (Å²) in [5, 5.41) is 8.88. The summed E-state index contributed by atoms with van der Waals surface area (Å²) in [5.41, 5.74) is 0. The van der Waals surface area contributed by atoms with Crippen LogP contribution in [-0.2, 0) is 4.79 Å². The summed E-state index contributed by atoms with van der Waals surface area (Å²) < 4.78 is 4.66. The number of hydrogen-bond acceptors (Lipinski definition) is 5. The molecule has 2 N–H and O–H groups in total. The van der Waals surface area contributed by atoms with Gasteiger partial charge in [-0.05, 0) is 25.9 Å². The van der Waals surface area contributed by atoms with Crippen LogP contribution in [-0.4, -0.2) is 30.1 Å². The number of nitrogens with one attached hydrogen (secondary N) is 2. The average Bonchev–Trinajstić information content (AvgIpc) is 2.83. The molecule has 0 atom stereocenters. The van der Waals surface area contributed by atoms with E-state index < -0.39 is 5.91 Å². The fourth-order valence-corrected chi connectivity index (χ4v) is 1.69. The topological polar surface area (TPSA) is 84.2 Å². The first kappa shape index (κ1) is 10.8. The first-order valence-corrected chi connectivity index (χ1v) is 5.24. The lowest BCUT2D eigenvalue weighted by Gasteiger charge is -2.20. The van der Waals surface area contributed by atoms with Gasteiger partial charge in [0.15, 0.2) is 0 Å². The Kier molecular flexibility index (Phi) is 3.31. The fraction of sp³-hybridized carbons (Fsp3) is 0.500. The molecule has 1 aromatic rings. The minimum Gasteiger partial charge on any atom is -0.351 e. The number of imide groups is 1. The van der Waals surface area contributed by atoms with Gasteiger partial charge in [-0.3, -0.25) is 14.9 Å². The molecule has 0 saturated carbocycles. The monoisotopic (exact) mass is 223 g/mol. The van der Waals surface area contributed by atoms with Gasteiger partial charge in [-0.2, -0.15) is 0 Å². The van der Waals surface area contributed by atoms with Gasteiger partial charge in [0.1, 0.15) is 0 Å². The normalized spacial score (nSPS) is 17.0. The zero-order chi connectivity index (χ0) is 11.4. The molecule has 1 fully saturated rings.